The molecule has 0 N–H and O–H groups in total. The van der Waals surface area contributed by atoms with E-state index in [1.807, 2.05) is 26.8 Å². The van der Waals surface area contributed by atoms with Crippen LogP contribution < -0.4 is 9.64 Å². The lowest BCUT2D eigenvalue weighted by atomic mass is 10.0. The van der Waals surface area contributed by atoms with Crippen LogP contribution in [0.3, 0.4) is 0 Å². The maximum atomic E-state index is 12.9. The van der Waals surface area contributed by atoms with Crippen molar-refractivity contribution in [3.05, 3.63) is 64.3 Å². The summed E-state index contributed by atoms with van der Waals surface area (Å²) in [4.78, 5) is 43.4. The molecule has 1 aromatic heterocycles. The van der Waals surface area contributed by atoms with Crippen LogP contribution in [-0.4, -0.2) is 22.8 Å². The molecule has 3 aromatic rings. The van der Waals surface area contributed by atoms with Crippen LogP contribution in [-0.2, 0) is 11.2 Å². The largest absolute Gasteiger partial charge is 0.426 e. The number of hydrogen-bond donors (Lipinski definition) is 0. The molecule has 0 atom stereocenters. The number of hydrogen-bond acceptors (Lipinski definition) is 5. The lowest BCUT2D eigenvalue weighted by Crippen LogP contribution is -2.30. The minimum absolute atomic E-state index is 0.364. The van der Waals surface area contributed by atoms with Gasteiger partial charge in [0, 0.05) is 23.6 Å². The number of benzene rings is 2. The van der Waals surface area contributed by atoms with E-state index >= 15 is 0 Å². The van der Waals surface area contributed by atoms with Crippen molar-refractivity contribution in [3.8, 4) is 5.75 Å². The van der Waals surface area contributed by atoms with Crippen molar-refractivity contribution in [1.29, 1.82) is 0 Å². The molecule has 6 heteroatoms. The van der Waals surface area contributed by atoms with Crippen molar-refractivity contribution in [2.24, 2.45) is 0 Å². The molecule has 0 spiro atoms. The number of nitrogens with zero attached hydrogens (tertiary/aromatic N) is 2. The van der Waals surface area contributed by atoms with E-state index in [-0.39, 0.29) is 11.8 Å². The van der Waals surface area contributed by atoms with Crippen LogP contribution in [0, 0.1) is 13.8 Å². The van der Waals surface area contributed by atoms with Gasteiger partial charge >= 0.3 is 5.97 Å². The molecule has 2 heterocycles. The number of esters is 1. The molecular weight excluding hydrogens is 368 g/mol. The van der Waals surface area contributed by atoms with Gasteiger partial charge in [-0.2, -0.15) is 0 Å². The Morgan fingerprint density at radius 2 is 1.69 bits per heavy atom. The highest BCUT2D eigenvalue weighted by atomic mass is 16.5. The van der Waals surface area contributed by atoms with Gasteiger partial charge in [0.2, 0.25) is 0 Å². The van der Waals surface area contributed by atoms with E-state index in [4.69, 9.17) is 4.74 Å². The Hall–Kier alpha value is -3.54. The molecule has 0 aliphatic carbocycles. The van der Waals surface area contributed by atoms with Crippen LogP contribution in [0.25, 0.3) is 10.9 Å². The highest BCUT2D eigenvalue weighted by molar-refractivity contribution is 6.34. The molecule has 2 amide bonds. The van der Waals surface area contributed by atoms with Crippen molar-refractivity contribution < 1.29 is 19.1 Å². The van der Waals surface area contributed by atoms with Crippen molar-refractivity contribution in [3.63, 3.8) is 0 Å². The third-order valence-corrected chi connectivity index (χ3v) is 5.20. The predicted octanol–water partition coefficient (Wildman–Crippen LogP) is 4.14. The number of imide groups is 1. The van der Waals surface area contributed by atoms with Crippen molar-refractivity contribution in [2.45, 2.75) is 34.1 Å². The molecule has 1 aliphatic heterocycles. The zero-order valence-corrected chi connectivity index (χ0v) is 16.7. The number of carbonyl (C=O) groups excluding carboxylic acids is 3. The zero-order valence-electron chi connectivity index (χ0n) is 16.7. The number of amides is 2. The lowest BCUT2D eigenvalue weighted by molar-refractivity contribution is -0.131. The first-order chi connectivity index (χ1) is 13.8. The minimum atomic E-state index is -0.439. The van der Waals surface area contributed by atoms with Gasteiger partial charge in [-0.25, -0.2) is 4.90 Å². The number of anilines is 1. The van der Waals surface area contributed by atoms with Crippen molar-refractivity contribution >= 4 is 34.4 Å². The van der Waals surface area contributed by atoms with Gasteiger partial charge in [0.05, 0.1) is 22.3 Å². The number of fused-ring (bicyclic) bond motifs is 2. The SMILES string of the molecule is CCc1nc2cc(C)c(N3C(=O)c4ccccc4C3=O)cc2c(OC(C)=O)c1C. The molecule has 146 valence electrons. The summed E-state index contributed by atoms with van der Waals surface area (Å²) in [5, 5.41) is 0.590. The highest BCUT2D eigenvalue weighted by Crippen LogP contribution is 2.38. The van der Waals surface area contributed by atoms with Crippen LogP contribution in [0.2, 0.25) is 0 Å². The molecule has 2 aromatic carbocycles. The van der Waals surface area contributed by atoms with E-state index in [0.717, 1.165) is 16.8 Å². The molecule has 1 aliphatic rings. The average molecular weight is 388 g/mol. The van der Waals surface area contributed by atoms with E-state index in [2.05, 4.69) is 4.98 Å². The predicted molar refractivity (Wildman–Crippen MR) is 109 cm³/mol. The molecule has 0 saturated heterocycles. The normalized spacial score (nSPS) is 13.2. The third-order valence-electron chi connectivity index (χ3n) is 5.20. The molecule has 29 heavy (non-hydrogen) atoms. The maximum absolute atomic E-state index is 12.9. The van der Waals surface area contributed by atoms with Gasteiger partial charge in [-0.05, 0) is 50.1 Å². The van der Waals surface area contributed by atoms with Gasteiger partial charge < -0.3 is 4.74 Å². The number of aryl methyl sites for hydroxylation is 2. The molecule has 0 radical (unpaired) electrons. The Balaban J connectivity index is 1.96. The first kappa shape index (κ1) is 18.8. The molecular formula is C23H20N2O4. The number of pyridine rings is 1. The second-order valence-electron chi connectivity index (χ2n) is 7.11. The first-order valence-corrected chi connectivity index (χ1v) is 9.43. The average Bonchev–Trinajstić information content (AvgIpc) is 2.94. The topological polar surface area (TPSA) is 76.6 Å². The van der Waals surface area contributed by atoms with Gasteiger partial charge in [0.1, 0.15) is 5.75 Å². The Morgan fingerprint density at radius 3 is 2.24 bits per heavy atom. The summed E-state index contributed by atoms with van der Waals surface area (Å²) in [6.45, 7) is 7.01. The maximum Gasteiger partial charge on any atom is 0.308 e. The molecule has 4 rings (SSSR count). The summed E-state index contributed by atoms with van der Waals surface area (Å²) in [5.41, 5.74) is 4.22. The van der Waals surface area contributed by atoms with Gasteiger partial charge in [0.15, 0.2) is 0 Å². The Bertz CT molecular complexity index is 1180. The first-order valence-electron chi connectivity index (χ1n) is 9.43. The molecule has 0 fully saturated rings. The van der Waals surface area contributed by atoms with Gasteiger partial charge in [-0.3, -0.25) is 19.4 Å². The fourth-order valence-corrected chi connectivity index (χ4v) is 3.79. The zero-order chi connectivity index (χ0) is 20.9. The van der Waals surface area contributed by atoms with E-state index in [1.54, 1.807) is 30.3 Å². The molecule has 0 saturated carbocycles. The van der Waals surface area contributed by atoms with Gasteiger partial charge in [0.25, 0.3) is 11.8 Å². The number of rotatable bonds is 3. The standard InChI is InChI=1S/C23H20N2O4/c1-5-18-13(3)21(29-14(4)26)17-11-20(12(2)10-19(17)24-18)25-22(27)15-8-6-7-9-16(15)23(25)28/h6-11H,5H2,1-4H3. The van der Waals surface area contributed by atoms with E-state index in [0.29, 0.717) is 39.9 Å². The van der Waals surface area contributed by atoms with Crippen LogP contribution in [0.15, 0.2) is 36.4 Å². The quantitative estimate of drug-likeness (QED) is 0.498. The van der Waals surface area contributed by atoms with Gasteiger partial charge in [-0.1, -0.05) is 19.1 Å². The second-order valence-corrected chi connectivity index (χ2v) is 7.11. The van der Waals surface area contributed by atoms with E-state index in [1.165, 1.54) is 11.8 Å². The Labute approximate surface area is 168 Å². The monoisotopic (exact) mass is 388 g/mol. The van der Waals surface area contributed by atoms with Crippen molar-refractivity contribution in [2.75, 3.05) is 4.90 Å². The molecule has 0 unspecified atom stereocenters. The molecule has 6 nitrogen and oxygen atoms in total. The Kier molecular flexibility index (Phi) is 4.42. The lowest BCUT2D eigenvalue weighted by Gasteiger charge is -2.19. The third kappa shape index (κ3) is 2.88. The second kappa shape index (κ2) is 6.81. The summed E-state index contributed by atoms with van der Waals surface area (Å²) in [7, 11) is 0. The smallest absolute Gasteiger partial charge is 0.308 e. The van der Waals surface area contributed by atoms with Crippen LogP contribution in [0.1, 0.15) is 51.4 Å². The summed E-state index contributed by atoms with van der Waals surface area (Å²) in [6.07, 6.45) is 0.690. The summed E-state index contributed by atoms with van der Waals surface area (Å²) < 4.78 is 5.51. The van der Waals surface area contributed by atoms with E-state index < -0.39 is 5.97 Å². The molecule has 0 bridgehead atoms. The summed E-state index contributed by atoms with van der Waals surface area (Å²) in [6, 6.07) is 10.3. The van der Waals surface area contributed by atoms with Crippen LogP contribution in [0.4, 0.5) is 5.69 Å². The fourth-order valence-electron chi connectivity index (χ4n) is 3.79. The minimum Gasteiger partial charge on any atom is -0.426 e. The number of aromatic nitrogens is 1. The summed E-state index contributed by atoms with van der Waals surface area (Å²) >= 11 is 0. The van der Waals surface area contributed by atoms with Crippen LogP contribution >= 0.6 is 0 Å². The van der Waals surface area contributed by atoms with Crippen molar-refractivity contribution in [1.82, 2.24) is 4.98 Å². The Morgan fingerprint density at radius 1 is 1.07 bits per heavy atom. The summed E-state index contributed by atoms with van der Waals surface area (Å²) in [5.74, 6) is -0.753. The number of carbonyl (C=O) groups is 3. The van der Waals surface area contributed by atoms with E-state index in [9.17, 15) is 14.4 Å². The number of ether oxygens (including phenoxy) is 1. The van der Waals surface area contributed by atoms with Crippen LogP contribution in [0.5, 0.6) is 5.75 Å². The highest BCUT2D eigenvalue weighted by Gasteiger charge is 2.37. The van der Waals surface area contributed by atoms with Gasteiger partial charge in [-0.15, -0.1) is 0 Å². The fraction of sp³-hybridized carbons (Fsp3) is 0.217.